The molecular formula is C17H14OS. The maximum atomic E-state index is 11.2. The van der Waals surface area contributed by atoms with Gasteiger partial charge in [0.15, 0.2) is 0 Å². The zero-order valence-corrected chi connectivity index (χ0v) is 11.3. The lowest BCUT2D eigenvalue weighted by Crippen LogP contribution is -2.23. The normalized spacial score (nSPS) is 21.7. The van der Waals surface area contributed by atoms with E-state index in [-0.39, 0.29) is 0 Å². The maximum Gasteiger partial charge on any atom is 0.117 e. The molecule has 1 N–H and O–H groups in total. The van der Waals surface area contributed by atoms with Gasteiger partial charge in [0.05, 0.1) is 0 Å². The summed E-state index contributed by atoms with van der Waals surface area (Å²) in [6.07, 6.45) is 1.73. The first-order valence-electron chi connectivity index (χ1n) is 6.56. The summed E-state index contributed by atoms with van der Waals surface area (Å²) >= 11 is 1.71. The number of aryl methyl sites for hydroxylation is 1. The molecular weight excluding hydrogens is 252 g/mol. The number of aliphatic hydroxyl groups is 1. The standard InChI is InChI=1S/C17H14OS/c18-17(10-8-12-4-1-2-6-14(12)17)15-7-3-5-13-9-11-19-16(13)15/h1-7,9,11,18H,8,10H2. The Morgan fingerprint density at radius 3 is 2.74 bits per heavy atom. The second-order valence-corrected chi connectivity index (χ2v) is 6.08. The third-order valence-corrected chi connectivity index (χ3v) is 5.11. The van der Waals surface area contributed by atoms with Crippen LogP contribution >= 0.6 is 11.3 Å². The Bertz CT molecular complexity index is 759. The molecule has 0 amide bonds. The predicted octanol–water partition coefficient (Wildman–Crippen LogP) is 4.08. The van der Waals surface area contributed by atoms with Gasteiger partial charge in [-0.15, -0.1) is 11.3 Å². The van der Waals surface area contributed by atoms with Gasteiger partial charge in [-0.3, -0.25) is 0 Å². The van der Waals surface area contributed by atoms with Crippen LogP contribution in [0.25, 0.3) is 10.1 Å². The minimum atomic E-state index is -0.818. The average molecular weight is 266 g/mol. The van der Waals surface area contributed by atoms with Crippen molar-refractivity contribution in [3.05, 3.63) is 70.6 Å². The molecule has 0 aliphatic heterocycles. The molecule has 1 unspecified atom stereocenters. The SMILES string of the molecule is OC1(c2cccc3ccsc23)CCc2ccccc21. The second kappa shape index (κ2) is 3.92. The fraction of sp³-hybridized carbons (Fsp3) is 0.176. The van der Waals surface area contributed by atoms with Crippen molar-refractivity contribution in [2.75, 3.05) is 0 Å². The van der Waals surface area contributed by atoms with Crippen molar-refractivity contribution in [3.8, 4) is 0 Å². The van der Waals surface area contributed by atoms with Crippen LogP contribution in [0.2, 0.25) is 0 Å². The Labute approximate surface area is 116 Å². The van der Waals surface area contributed by atoms with Crippen molar-refractivity contribution in [2.45, 2.75) is 18.4 Å². The van der Waals surface area contributed by atoms with Gasteiger partial charge in [0, 0.05) is 10.3 Å². The van der Waals surface area contributed by atoms with Crippen LogP contribution < -0.4 is 0 Å². The van der Waals surface area contributed by atoms with Crippen LogP contribution in [0.4, 0.5) is 0 Å². The number of thiophene rings is 1. The third-order valence-electron chi connectivity index (χ3n) is 4.14. The van der Waals surface area contributed by atoms with E-state index in [0.29, 0.717) is 0 Å². The highest BCUT2D eigenvalue weighted by atomic mass is 32.1. The van der Waals surface area contributed by atoms with Gasteiger partial charge in [0.1, 0.15) is 5.60 Å². The van der Waals surface area contributed by atoms with E-state index in [9.17, 15) is 5.11 Å². The molecule has 0 saturated carbocycles. The minimum Gasteiger partial charge on any atom is -0.380 e. The number of hydrogen-bond donors (Lipinski definition) is 1. The fourth-order valence-electron chi connectivity index (χ4n) is 3.19. The van der Waals surface area contributed by atoms with Crippen LogP contribution in [0.15, 0.2) is 53.9 Å². The average Bonchev–Trinajstić information content (AvgIpc) is 3.05. The van der Waals surface area contributed by atoms with Crippen molar-refractivity contribution in [1.82, 2.24) is 0 Å². The number of fused-ring (bicyclic) bond motifs is 2. The van der Waals surface area contributed by atoms with E-state index < -0.39 is 5.60 Å². The van der Waals surface area contributed by atoms with Gasteiger partial charge < -0.3 is 5.11 Å². The monoisotopic (exact) mass is 266 g/mol. The molecule has 94 valence electrons. The topological polar surface area (TPSA) is 20.2 Å². The van der Waals surface area contributed by atoms with E-state index in [2.05, 4.69) is 41.8 Å². The van der Waals surface area contributed by atoms with Gasteiger partial charge in [-0.2, -0.15) is 0 Å². The summed E-state index contributed by atoms with van der Waals surface area (Å²) in [5.74, 6) is 0. The molecule has 1 aliphatic rings. The minimum absolute atomic E-state index is 0.781. The Morgan fingerprint density at radius 1 is 0.947 bits per heavy atom. The number of benzene rings is 2. The maximum absolute atomic E-state index is 11.2. The Balaban J connectivity index is 2.00. The van der Waals surface area contributed by atoms with Crippen molar-refractivity contribution in [1.29, 1.82) is 0 Å². The number of hydrogen-bond acceptors (Lipinski definition) is 2. The van der Waals surface area contributed by atoms with Gasteiger partial charge >= 0.3 is 0 Å². The van der Waals surface area contributed by atoms with Crippen LogP contribution in [-0.4, -0.2) is 5.11 Å². The number of rotatable bonds is 1. The Hall–Kier alpha value is -1.64. The molecule has 2 heteroatoms. The van der Waals surface area contributed by atoms with Crippen molar-refractivity contribution in [2.24, 2.45) is 0 Å². The highest BCUT2D eigenvalue weighted by Gasteiger charge is 2.39. The zero-order valence-electron chi connectivity index (χ0n) is 10.5. The largest absolute Gasteiger partial charge is 0.380 e. The van der Waals surface area contributed by atoms with E-state index in [1.54, 1.807) is 11.3 Å². The molecule has 3 aromatic rings. The van der Waals surface area contributed by atoms with E-state index >= 15 is 0 Å². The lowest BCUT2D eigenvalue weighted by Gasteiger charge is -2.25. The van der Waals surface area contributed by atoms with Crippen LogP contribution in [0.3, 0.4) is 0 Å². The van der Waals surface area contributed by atoms with Crippen molar-refractivity contribution < 1.29 is 5.11 Å². The molecule has 0 bridgehead atoms. The van der Waals surface area contributed by atoms with Crippen LogP contribution in [-0.2, 0) is 12.0 Å². The molecule has 0 radical (unpaired) electrons. The first-order chi connectivity index (χ1) is 9.29. The van der Waals surface area contributed by atoms with Crippen LogP contribution in [0.1, 0.15) is 23.1 Å². The highest BCUT2D eigenvalue weighted by molar-refractivity contribution is 7.17. The van der Waals surface area contributed by atoms with Gasteiger partial charge in [-0.25, -0.2) is 0 Å². The van der Waals surface area contributed by atoms with E-state index in [4.69, 9.17) is 0 Å². The van der Waals surface area contributed by atoms with Gasteiger partial charge in [-0.1, -0.05) is 42.5 Å². The van der Waals surface area contributed by atoms with Crippen molar-refractivity contribution >= 4 is 21.4 Å². The second-order valence-electron chi connectivity index (χ2n) is 5.16. The zero-order chi connectivity index (χ0) is 12.9. The predicted molar refractivity (Wildman–Crippen MR) is 79.6 cm³/mol. The molecule has 2 aromatic carbocycles. The van der Waals surface area contributed by atoms with Gasteiger partial charge in [-0.05, 0) is 40.8 Å². The quantitative estimate of drug-likeness (QED) is 0.703. The molecule has 1 aromatic heterocycles. The Morgan fingerprint density at radius 2 is 1.79 bits per heavy atom. The molecule has 4 rings (SSSR count). The van der Waals surface area contributed by atoms with Crippen LogP contribution in [0.5, 0.6) is 0 Å². The van der Waals surface area contributed by atoms with E-state index in [1.807, 2.05) is 12.1 Å². The third kappa shape index (κ3) is 1.50. The molecule has 19 heavy (non-hydrogen) atoms. The summed E-state index contributed by atoms with van der Waals surface area (Å²) in [6.45, 7) is 0. The molecule has 0 saturated heterocycles. The van der Waals surface area contributed by atoms with Crippen molar-refractivity contribution in [3.63, 3.8) is 0 Å². The summed E-state index contributed by atoms with van der Waals surface area (Å²) < 4.78 is 1.21. The summed E-state index contributed by atoms with van der Waals surface area (Å²) in [5.41, 5.74) is 2.60. The first-order valence-corrected chi connectivity index (χ1v) is 7.44. The molecule has 1 atom stereocenters. The van der Waals surface area contributed by atoms with E-state index in [1.165, 1.54) is 15.6 Å². The van der Waals surface area contributed by atoms with Crippen LogP contribution in [0, 0.1) is 0 Å². The summed E-state index contributed by atoms with van der Waals surface area (Å²) in [5, 5.41) is 14.6. The fourth-order valence-corrected chi connectivity index (χ4v) is 4.18. The summed E-state index contributed by atoms with van der Waals surface area (Å²) in [6, 6.07) is 16.6. The molecule has 0 spiro atoms. The summed E-state index contributed by atoms with van der Waals surface area (Å²) in [4.78, 5) is 0. The molecule has 1 aliphatic carbocycles. The smallest absolute Gasteiger partial charge is 0.117 e. The summed E-state index contributed by atoms with van der Waals surface area (Å²) in [7, 11) is 0. The van der Waals surface area contributed by atoms with Gasteiger partial charge in [0.2, 0.25) is 0 Å². The first kappa shape index (κ1) is 11.2. The highest BCUT2D eigenvalue weighted by Crippen LogP contribution is 2.45. The van der Waals surface area contributed by atoms with E-state index in [0.717, 1.165) is 24.0 Å². The van der Waals surface area contributed by atoms with Gasteiger partial charge in [0.25, 0.3) is 0 Å². The molecule has 1 heterocycles. The molecule has 0 fully saturated rings. The molecule has 1 nitrogen and oxygen atoms in total. The lowest BCUT2D eigenvalue weighted by molar-refractivity contribution is 0.0847. The Kier molecular flexibility index (Phi) is 2.32. The lowest BCUT2D eigenvalue weighted by atomic mass is 9.87.